The highest BCUT2D eigenvalue weighted by atomic mass is 32.1. The monoisotopic (exact) mass is 438 g/mol. The van der Waals surface area contributed by atoms with Gasteiger partial charge < -0.3 is 9.72 Å². The number of thiophene rings is 1. The number of hydrogen-bond acceptors (Lipinski definition) is 6. The molecule has 1 aliphatic carbocycles. The normalized spacial score (nSPS) is 15.6. The topological polar surface area (TPSA) is 89.1 Å². The average Bonchev–Trinajstić information content (AvgIpc) is 3.09. The van der Waals surface area contributed by atoms with Gasteiger partial charge in [0.1, 0.15) is 17.3 Å². The van der Waals surface area contributed by atoms with Crippen molar-refractivity contribution in [3.8, 4) is 0 Å². The minimum atomic E-state index is -0.485. The van der Waals surface area contributed by atoms with Gasteiger partial charge in [-0.1, -0.05) is 24.6 Å². The Morgan fingerprint density at radius 3 is 2.87 bits per heavy atom. The van der Waals surface area contributed by atoms with Crippen molar-refractivity contribution in [1.82, 2.24) is 9.97 Å². The van der Waals surface area contributed by atoms with Gasteiger partial charge in [-0.25, -0.2) is 4.98 Å². The summed E-state index contributed by atoms with van der Waals surface area (Å²) in [5.74, 6) is 0.384. The molecule has 0 saturated carbocycles. The van der Waals surface area contributed by atoms with Crippen molar-refractivity contribution < 1.29 is 14.3 Å². The molecule has 2 heterocycles. The number of nitrogens with one attached hydrogen (secondary N) is 1. The molecule has 1 N–H and O–H groups in total. The molecule has 3 aromatic rings. The third-order valence-corrected chi connectivity index (χ3v) is 6.98. The van der Waals surface area contributed by atoms with Crippen molar-refractivity contribution in [3.05, 3.63) is 61.5 Å². The quantitative estimate of drug-likeness (QED) is 0.454. The number of ketones is 1. The van der Waals surface area contributed by atoms with Crippen LogP contribution in [0.25, 0.3) is 10.2 Å². The number of benzene rings is 1. The summed E-state index contributed by atoms with van der Waals surface area (Å²) in [7, 11) is 0. The van der Waals surface area contributed by atoms with Crippen LogP contribution in [0.1, 0.15) is 63.9 Å². The zero-order valence-corrected chi connectivity index (χ0v) is 18.9. The van der Waals surface area contributed by atoms with E-state index in [1.165, 1.54) is 4.88 Å². The van der Waals surface area contributed by atoms with E-state index in [-0.39, 0.29) is 30.8 Å². The smallest absolute Gasteiger partial charge is 0.306 e. The molecule has 0 saturated heterocycles. The lowest BCUT2D eigenvalue weighted by Crippen LogP contribution is -2.16. The first-order valence-electron chi connectivity index (χ1n) is 10.6. The largest absolute Gasteiger partial charge is 0.458 e. The number of carbonyl (C=O) groups excluding carboxylic acids is 2. The van der Waals surface area contributed by atoms with Crippen LogP contribution in [0.3, 0.4) is 0 Å². The molecule has 1 atom stereocenters. The van der Waals surface area contributed by atoms with E-state index >= 15 is 0 Å². The fourth-order valence-electron chi connectivity index (χ4n) is 4.07. The number of aromatic amines is 1. The van der Waals surface area contributed by atoms with E-state index in [0.717, 1.165) is 36.0 Å². The summed E-state index contributed by atoms with van der Waals surface area (Å²) in [6.45, 7) is 5.92. The van der Waals surface area contributed by atoms with Gasteiger partial charge in [0, 0.05) is 16.9 Å². The molecule has 0 aliphatic heterocycles. The Labute approximate surface area is 184 Å². The molecule has 2 aromatic heterocycles. The van der Waals surface area contributed by atoms with Gasteiger partial charge in [-0.2, -0.15) is 0 Å². The first-order valence-corrected chi connectivity index (χ1v) is 11.4. The maximum atomic E-state index is 12.6. The van der Waals surface area contributed by atoms with E-state index in [2.05, 4.69) is 16.9 Å². The van der Waals surface area contributed by atoms with Gasteiger partial charge in [0.15, 0.2) is 5.78 Å². The average molecular weight is 439 g/mol. The molecule has 0 unspecified atom stereocenters. The number of ether oxygens (including phenoxy) is 1. The number of hydrogen-bond donors (Lipinski definition) is 1. The highest BCUT2D eigenvalue weighted by Crippen LogP contribution is 2.35. The number of aromatic nitrogens is 2. The predicted octanol–water partition coefficient (Wildman–Crippen LogP) is 4.43. The number of carbonyl (C=O) groups is 2. The minimum absolute atomic E-state index is 0.0100. The molecular formula is C24H26N2O4S. The number of Topliss-reactive ketones (excluding diaryl/α,β-unsaturated/α-hetero) is 1. The third kappa shape index (κ3) is 4.61. The van der Waals surface area contributed by atoms with Gasteiger partial charge in [0.05, 0.1) is 11.8 Å². The van der Waals surface area contributed by atoms with E-state index in [9.17, 15) is 14.4 Å². The van der Waals surface area contributed by atoms with Crippen LogP contribution in [0, 0.1) is 19.8 Å². The van der Waals surface area contributed by atoms with Crippen LogP contribution in [-0.4, -0.2) is 21.7 Å². The number of esters is 1. The zero-order valence-electron chi connectivity index (χ0n) is 18.0. The second kappa shape index (κ2) is 8.75. The van der Waals surface area contributed by atoms with E-state index in [0.29, 0.717) is 27.5 Å². The highest BCUT2D eigenvalue weighted by molar-refractivity contribution is 7.18. The highest BCUT2D eigenvalue weighted by Gasteiger charge is 2.23. The lowest BCUT2D eigenvalue weighted by Gasteiger charge is -2.17. The second-order valence-electron chi connectivity index (χ2n) is 8.45. The Balaban J connectivity index is 1.39. The molecule has 1 aromatic carbocycles. The molecule has 4 rings (SSSR count). The van der Waals surface area contributed by atoms with E-state index in [1.54, 1.807) is 11.3 Å². The van der Waals surface area contributed by atoms with Crippen molar-refractivity contribution in [1.29, 1.82) is 0 Å². The maximum absolute atomic E-state index is 12.6. The number of aryl methyl sites for hydroxylation is 3. The SMILES string of the molecule is Cc1ccc(C)c(C(=O)CCC(=O)OCc2nc3sc4c(c3c(=O)[nH]2)CC[C@H](C)C4)c1. The zero-order chi connectivity index (χ0) is 22.1. The van der Waals surface area contributed by atoms with Gasteiger partial charge in [0.2, 0.25) is 0 Å². The van der Waals surface area contributed by atoms with Crippen LogP contribution in [-0.2, 0) is 29.0 Å². The summed E-state index contributed by atoms with van der Waals surface area (Å²) in [5.41, 5.74) is 3.49. The second-order valence-corrected chi connectivity index (χ2v) is 9.53. The molecular weight excluding hydrogens is 412 g/mol. The molecule has 0 fully saturated rings. The summed E-state index contributed by atoms with van der Waals surface area (Å²) >= 11 is 1.56. The molecule has 31 heavy (non-hydrogen) atoms. The summed E-state index contributed by atoms with van der Waals surface area (Å²) in [4.78, 5) is 46.4. The number of rotatable bonds is 6. The van der Waals surface area contributed by atoms with Gasteiger partial charge in [-0.15, -0.1) is 11.3 Å². The predicted molar refractivity (Wildman–Crippen MR) is 121 cm³/mol. The van der Waals surface area contributed by atoms with Crippen molar-refractivity contribution in [3.63, 3.8) is 0 Å². The van der Waals surface area contributed by atoms with Crippen molar-refractivity contribution in [2.75, 3.05) is 0 Å². The maximum Gasteiger partial charge on any atom is 0.306 e. The lowest BCUT2D eigenvalue weighted by molar-refractivity contribution is -0.145. The van der Waals surface area contributed by atoms with Gasteiger partial charge in [-0.3, -0.25) is 14.4 Å². The Bertz CT molecular complexity index is 1220. The first kappa shape index (κ1) is 21.4. The Morgan fingerprint density at radius 2 is 2.06 bits per heavy atom. The van der Waals surface area contributed by atoms with Crippen molar-refractivity contribution >= 4 is 33.3 Å². The summed E-state index contributed by atoms with van der Waals surface area (Å²) < 4.78 is 5.27. The molecule has 0 bridgehead atoms. The fourth-order valence-corrected chi connectivity index (χ4v) is 5.47. The Morgan fingerprint density at radius 1 is 1.26 bits per heavy atom. The number of nitrogens with zero attached hydrogens (tertiary/aromatic N) is 1. The molecule has 1 aliphatic rings. The molecule has 7 heteroatoms. The summed E-state index contributed by atoms with van der Waals surface area (Å²) in [6, 6.07) is 5.70. The third-order valence-electron chi connectivity index (χ3n) is 5.83. The van der Waals surface area contributed by atoms with Crippen molar-refractivity contribution in [2.24, 2.45) is 5.92 Å². The van der Waals surface area contributed by atoms with Crippen LogP contribution < -0.4 is 5.56 Å². The van der Waals surface area contributed by atoms with Crippen LogP contribution in [0.2, 0.25) is 0 Å². The fraction of sp³-hybridized carbons (Fsp3) is 0.417. The van der Waals surface area contributed by atoms with Crippen LogP contribution in [0.15, 0.2) is 23.0 Å². The van der Waals surface area contributed by atoms with Gasteiger partial charge in [0.25, 0.3) is 5.56 Å². The summed E-state index contributed by atoms with van der Waals surface area (Å²) in [5, 5.41) is 0.682. The first-order chi connectivity index (χ1) is 14.8. The summed E-state index contributed by atoms with van der Waals surface area (Å²) in [6.07, 6.45) is 3.04. The van der Waals surface area contributed by atoms with E-state index < -0.39 is 5.97 Å². The van der Waals surface area contributed by atoms with Gasteiger partial charge >= 0.3 is 5.97 Å². The van der Waals surface area contributed by atoms with Crippen LogP contribution >= 0.6 is 11.3 Å². The van der Waals surface area contributed by atoms with E-state index in [4.69, 9.17) is 4.74 Å². The van der Waals surface area contributed by atoms with Crippen LogP contribution in [0.5, 0.6) is 0 Å². The lowest BCUT2D eigenvalue weighted by atomic mass is 9.89. The van der Waals surface area contributed by atoms with Gasteiger partial charge in [-0.05, 0) is 56.2 Å². The standard InChI is InChI=1S/C24H26N2O4S/c1-13-4-6-15(3)17(10-13)18(27)8-9-21(28)30-12-20-25-23(29)22-16-7-5-14(2)11-19(16)31-24(22)26-20/h4,6,10,14H,5,7-9,11-12H2,1-3H3,(H,25,26,29)/t14-/m0/s1. The number of fused-ring (bicyclic) bond motifs is 3. The molecule has 0 radical (unpaired) electrons. The Hall–Kier alpha value is -2.80. The molecule has 0 spiro atoms. The minimum Gasteiger partial charge on any atom is -0.458 e. The van der Waals surface area contributed by atoms with Crippen molar-refractivity contribution in [2.45, 2.75) is 59.5 Å². The molecule has 0 amide bonds. The van der Waals surface area contributed by atoms with E-state index in [1.807, 2.05) is 32.0 Å². The molecule has 6 nitrogen and oxygen atoms in total. The molecule has 162 valence electrons. The number of H-pyrrole nitrogens is 1. The van der Waals surface area contributed by atoms with Crippen LogP contribution in [0.4, 0.5) is 0 Å². The Kier molecular flexibility index (Phi) is 6.05.